The zero-order valence-electron chi connectivity index (χ0n) is 18.5. The molecule has 0 unspecified atom stereocenters. The van der Waals surface area contributed by atoms with Crippen molar-refractivity contribution in [3.63, 3.8) is 0 Å². The van der Waals surface area contributed by atoms with Gasteiger partial charge in [0.15, 0.2) is 5.65 Å². The minimum Gasteiger partial charge on any atom is -0.497 e. The van der Waals surface area contributed by atoms with Crippen molar-refractivity contribution >= 4 is 22.4 Å². The lowest BCUT2D eigenvalue weighted by molar-refractivity contribution is 0.122. The van der Waals surface area contributed by atoms with E-state index in [0.717, 1.165) is 35.6 Å². The molecule has 9 heteroatoms. The Bertz CT molecular complexity index is 1320. The molecule has 5 rings (SSSR count). The van der Waals surface area contributed by atoms with Gasteiger partial charge in [0.25, 0.3) is 0 Å². The van der Waals surface area contributed by atoms with E-state index in [1.165, 1.54) is 0 Å². The standard InChI is InChI=1S/C23H26N6O3/c1-15(2)21-25-26-22-20-19(12-17(13-24-20)27-8-10-32-11-9-27)28(23(30)29(21)22)14-16-4-6-18(31-3)7-5-16/h4-7,12-13,15H,8-11,14H2,1-3H3. The van der Waals surface area contributed by atoms with Crippen LogP contribution in [0.1, 0.15) is 31.2 Å². The van der Waals surface area contributed by atoms with Crippen molar-refractivity contribution in [1.82, 2.24) is 24.1 Å². The molecule has 1 saturated heterocycles. The van der Waals surface area contributed by atoms with Crippen molar-refractivity contribution in [1.29, 1.82) is 0 Å². The van der Waals surface area contributed by atoms with Crippen LogP contribution >= 0.6 is 0 Å². The summed E-state index contributed by atoms with van der Waals surface area (Å²) in [5, 5.41) is 8.63. The predicted molar refractivity (Wildman–Crippen MR) is 122 cm³/mol. The number of rotatable bonds is 5. The monoisotopic (exact) mass is 434 g/mol. The number of fused-ring (bicyclic) bond motifs is 3. The SMILES string of the molecule is COc1ccc(Cn2c(=O)n3c(C(C)C)nnc3c3ncc(N4CCOCC4)cc32)cc1. The van der Waals surface area contributed by atoms with Crippen molar-refractivity contribution in [2.24, 2.45) is 0 Å². The molecular weight excluding hydrogens is 408 g/mol. The van der Waals surface area contributed by atoms with Crippen LogP contribution in [0.3, 0.4) is 0 Å². The summed E-state index contributed by atoms with van der Waals surface area (Å²) in [4.78, 5) is 20.7. The Kier molecular flexibility index (Phi) is 5.26. The van der Waals surface area contributed by atoms with Crippen molar-refractivity contribution in [2.45, 2.75) is 26.3 Å². The van der Waals surface area contributed by atoms with Gasteiger partial charge in [0.2, 0.25) is 0 Å². The van der Waals surface area contributed by atoms with E-state index in [9.17, 15) is 4.79 Å². The lowest BCUT2D eigenvalue weighted by Gasteiger charge is -2.28. The number of pyridine rings is 1. The van der Waals surface area contributed by atoms with Gasteiger partial charge in [0.05, 0.1) is 44.3 Å². The van der Waals surface area contributed by atoms with Gasteiger partial charge >= 0.3 is 5.69 Å². The fourth-order valence-corrected chi connectivity index (χ4v) is 4.12. The Morgan fingerprint density at radius 3 is 2.56 bits per heavy atom. The largest absolute Gasteiger partial charge is 0.497 e. The summed E-state index contributed by atoms with van der Waals surface area (Å²) in [6.45, 7) is 7.35. The van der Waals surface area contributed by atoms with Crippen molar-refractivity contribution in [2.75, 3.05) is 38.3 Å². The van der Waals surface area contributed by atoms with Gasteiger partial charge < -0.3 is 14.4 Å². The van der Waals surface area contributed by atoms with E-state index >= 15 is 0 Å². The highest BCUT2D eigenvalue weighted by Crippen LogP contribution is 2.24. The van der Waals surface area contributed by atoms with Gasteiger partial charge in [0, 0.05) is 19.0 Å². The molecule has 0 N–H and O–H groups in total. The summed E-state index contributed by atoms with van der Waals surface area (Å²) in [5.74, 6) is 1.46. The van der Waals surface area contributed by atoms with E-state index in [1.807, 2.05) is 50.4 Å². The van der Waals surface area contributed by atoms with Crippen LogP contribution in [0.15, 0.2) is 41.3 Å². The highest BCUT2D eigenvalue weighted by atomic mass is 16.5. The van der Waals surface area contributed by atoms with Gasteiger partial charge in [-0.2, -0.15) is 0 Å². The normalized spacial score (nSPS) is 14.6. The smallest absolute Gasteiger partial charge is 0.336 e. The second-order valence-corrected chi connectivity index (χ2v) is 8.25. The molecule has 0 saturated carbocycles. The third-order valence-electron chi connectivity index (χ3n) is 5.86. The van der Waals surface area contributed by atoms with Crippen LogP contribution in [-0.4, -0.2) is 57.6 Å². The molecule has 0 radical (unpaired) electrons. The average Bonchev–Trinajstić information content (AvgIpc) is 3.28. The number of anilines is 1. The van der Waals surface area contributed by atoms with Crippen LogP contribution in [0.25, 0.3) is 16.7 Å². The maximum absolute atomic E-state index is 13.7. The summed E-state index contributed by atoms with van der Waals surface area (Å²) in [7, 11) is 1.64. The number of morpholine rings is 1. The van der Waals surface area contributed by atoms with Gasteiger partial charge in [-0.1, -0.05) is 26.0 Å². The quantitative estimate of drug-likeness (QED) is 0.477. The van der Waals surface area contributed by atoms with E-state index in [-0.39, 0.29) is 11.6 Å². The van der Waals surface area contributed by atoms with Crippen molar-refractivity contribution in [3.05, 3.63) is 58.4 Å². The van der Waals surface area contributed by atoms with E-state index in [2.05, 4.69) is 15.1 Å². The Morgan fingerprint density at radius 1 is 1.12 bits per heavy atom. The molecule has 0 spiro atoms. The second-order valence-electron chi connectivity index (χ2n) is 8.25. The summed E-state index contributed by atoms with van der Waals surface area (Å²) < 4.78 is 14.1. The number of hydrogen-bond donors (Lipinski definition) is 0. The highest BCUT2D eigenvalue weighted by Gasteiger charge is 2.21. The van der Waals surface area contributed by atoms with Gasteiger partial charge in [-0.15, -0.1) is 10.2 Å². The third-order valence-corrected chi connectivity index (χ3v) is 5.86. The van der Waals surface area contributed by atoms with Crippen LogP contribution in [-0.2, 0) is 11.3 Å². The first-order valence-electron chi connectivity index (χ1n) is 10.8. The molecule has 0 atom stereocenters. The van der Waals surface area contributed by atoms with Crippen molar-refractivity contribution < 1.29 is 9.47 Å². The molecule has 4 heterocycles. The Hall–Kier alpha value is -3.46. The third kappa shape index (κ3) is 3.48. The molecule has 0 amide bonds. The number of benzene rings is 1. The van der Waals surface area contributed by atoms with E-state index < -0.39 is 0 Å². The van der Waals surface area contributed by atoms with Crippen LogP contribution in [0.2, 0.25) is 0 Å². The summed E-state index contributed by atoms with van der Waals surface area (Å²) >= 11 is 0. The summed E-state index contributed by atoms with van der Waals surface area (Å²) in [5.41, 5.74) is 3.69. The molecule has 9 nitrogen and oxygen atoms in total. The Balaban J connectivity index is 1.72. The molecule has 166 valence electrons. The van der Waals surface area contributed by atoms with Crippen molar-refractivity contribution in [3.8, 4) is 5.75 Å². The van der Waals surface area contributed by atoms with Gasteiger partial charge in [-0.05, 0) is 23.8 Å². The maximum atomic E-state index is 13.7. The summed E-state index contributed by atoms with van der Waals surface area (Å²) in [6, 6.07) is 9.77. The first-order chi connectivity index (χ1) is 15.6. The second kappa shape index (κ2) is 8.23. The van der Waals surface area contributed by atoms with Gasteiger partial charge in [0.1, 0.15) is 17.1 Å². The number of aromatic nitrogens is 5. The Labute approximate surface area is 185 Å². The number of ether oxygens (including phenoxy) is 2. The molecule has 3 aromatic heterocycles. The van der Waals surface area contributed by atoms with Crippen LogP contribution in [0.4, 0.5) is 5.69 Å². The zero-order chi connectivity index (χ0) is 22.2. The molecule has 0 aliphatic carbocycles. The maximum Gasteiger partial charge on any atom is 0.336 e. The minimum atomic E-state index is -0.169. The van der Waals surface area contributed by atoms with Gasteiger partial charge in [-0.25, -0.2) is 14.2 Å². The minimum absolute atomic E-state index is 0.0530. The first-order valence-corrected chi connectivity index (χ1v) is 10.8. The van der Waals surface area contributed by atoms with Crippen LogP contribution in [0.5, 0.6) is 5.75 Å². The molecule has 0 bridgehead atoms. The topological polar surface area (TPSA) is 86.8 Å². The molecule has 32 heavy (non-hydrogen) atoms. The number of nitrogens with zero attached hydrogens (tertiary/aromatic N) is 6. The molecule has 1 fully saturated rings. The van der Waals surface area contributed by atoms with Crippen LogP contribution in [0, 0.1) is 0 Å². The molecule has 1 aliphatic heterocycles. The zero-order valence-corrected chi connectivity index (χ0v) is 18.5. The number of hydrogen-bond acceptors (Lipinski definition) is 7. The van der Waals surface area contributed by atoms with Crippen LogP contribution < -0.4 is 15.3 Å². The fraction of sp³-hybridized carbons (Fsp3) is 0.391. The van der Waals surface area contributed by atoms with E-state index in [0.29, 0.717) is 36.7 Å². The highest BCUT2D eigenvalue weighted by molar-refractivity contribution is 5.89. The number of methoxy groups -OCH3 is 1. The molecule has 1 aliphatic rings. The predicted octanol–water partition coefficient (Wildman–Crippen LogP) is 2.46. The van der Waals surface area contributed by atoms with E-state index in [1.54, 1.807) is 16.1 Å². The average molecular weight is 435 g/mol. The molecule has 1 aromatic carbocycles. The lowest BCUT2D eigenvalue weighted by Crippen LogP contribution is -2.36. The molecule has 4 aromatic rings. The lowest BCUT2D eigenvalue weighted by atomic mass is 10.2. The van der Waals surface area contributed by atoms with E-state index in [4.69, 9.17) is 14.5 Å². The van der Waals surface area contributed by atoms with Gasteiger partial charge in [-0.3, -0.25) is 4.57 Å². The molecular formula is C23H26N6O3. The fourth-order valence-electron chi connectivity index (χ4n) is 4.12. The first kappa shape index (κ1) is 20.4. The Morgan fingerprint density at radius 2 is 1.88 bits per heavy atom. The summed E-state index contributed by atoms with van der Waals surface area (Å²) in [6.07, 6.45) is 1.85.